The lowest BCUT2D eigenvalue weighted by Gasteiger charge is -2.08. The first-order chi connectivity index (χ1) is 14.6. The van der Waals surface area contributed by atoms with E-state index in [1.54, 1.807) is 11.3 Å². The molecule has 1 amide bonds. The second kappa shape index (κ2) is 8.94. The summed E-state index contributed by atoms with van der Waals surface area (Å²) >= 11 is 1.55. The van der Waals surface area contributed by atoms with Crippen molar-refractivity contribution in [3.8, 4) is 11.1 Å². The highest BCUT2D eigenvalue weighted by Crippen LogP contribution is 2.41. The highest BCUT2D eigenvalue weighted by atomic mass is 32.1. The summed E-state index contributed by atoms with van der Waals surface area (Å²) in [5, 5.41) is 5.20. The Kier molecular flexibility index (Phi) is 6.11. The number of amides is 1. The summed E-state index contributed by atoms with van der Waals surface area (Å²) in [6, 6.07) is 14.6. The molecule has 0 unspecified atom stereocenters. The number of nitrogens with one attached hydrogen (secondary N) is 1. The highest BCUT2D eigenvalue weighted by Gasteiger charge is 2.21. The van der Waals surface area contributed by atoms with E-state index in [4.69, 9.17) is 4.74 Å². The number of ether oxygens (including phenoxy) is 1. The third-order valence-corrected chi connectivity index (χ3v) is 6.41. The Hall–Kier alpha value is -2.76. The van der Waals surface area contributed by atoms with E-state index >= 15 is 0 Å². The van der Waals surface area contributed by atoms with Crippen LogP contribution in [-0.4, -0.2) is 30.6 Å². The van der Waals surface area contributed by atoms with Gasteiger partial charge in [0, 0.05) is 47.0 Å². The molecule has 0 fully saturated rings. The molecule has 2 aromatic heterocycles. The fraction of sp³-hybridized carbons (Fsp3) is 0.280. The number of hydrogen-bond donors (Lipinski definition) is 1. The fourth-order valence-electron chi connectivity index (χ4n) is 3.61. The highest BCUT2D eigenvalue weighted by molar-refractivity contribution is 7.22. The van der Waals surface area contributed by atoms with Gasteiger partial charge in [0.1, 0.15) is 4.88 Å². The molecular weight excluding hydrogens is 392 g/mol. The number of thiophene rings is 1. The summed E-state index contributed by atoms with van der Waals surface area (Å²) in [4.78, 5) is 18.6. The predicted octanol–water partition coefficient (Wildman–Crippen LogP) is 5.89. The molecule has 0 bridgehead atoms. The van der Waals surface area contributed by atoms with E-state index in [2.05, 4.69) is 60.5 Å². The summed E-state index contributed by atoms with van der Waals surface area (Å²) in [6.45, 7) is 8.07. The third kappa shape index (κ3) is 4.09. The summed E-state index contributed by atoms with van der Waals surface area (Å²) < 4.78 is 6.49. The van der Waals surface area contributed by atoms with Crippen molar-refractivity contribution in [1.29, 1.82) is 0 Å². The van der Waals surface area contributed by atoms with Crippen LogP contribution in [0.3, 0.4) is 0 Å². The number of rotatable bonds is 7. The van der Waals surface area contributed by atoms with Crippen LogP contribution >= 0.6 is 11.3 Å². The molecule has 30 heavy (non-hydrogen) atoms. The van der Waals surface area contributed by atoms with Crippen LogP contribution in [0.4, 0.5) is 0 Å². The van der Waals surface area contributed by atoms with Crippen LogP contribution in [0.2, 0.25) is 0 Å². The molecule has 5 heteroatoms. The number of carbonyl (C=O) groups excluding carboxylic acids is 1. The van der Waals surface area contributed by atoms with Gasteiger partial charge in [-0.3, -0.25) is 9.78 Å². The van der Waals surface area contributed by atoms with E-state index < -0.39 is 0 Å². The van der Waals surface area contributed by atoms with Gasteiger partial charge in [-0.2, -0.15) is 0 Å². The maximum Gasteiger partial charge on any atom is 0.262 e. The molecule has 0 saturated carbocycles. The predicted molar refractivity (Wildman–Crippen MR) is 125 cm³/mol. The van der Waals surface area contributed by atoms with Crippen molar-refractivity contribution in [3.63, 3.8) is 0 Å². The van der Waals surface area contributed by atoms with E-state index in [0.29, 0.717) is 19.8 Å². The van der Waals surface area contributed by atoms with Crippen LogP contribution < -0.4 is 5.32 Å². The Balaban J connectivity index is 1.81. The smallest absolute Gasteiger partial charge is 0.262 e. The van der Waals surface area contributed by atoms with Gasteiger partial charge in [-0.1, -0.05) is 41.5 Å². The zero-order valence-electron chi connectivity index (χ0n) is 17.6. The average molecular weight is 419 g/mol. The largest absolute Gasteiger partial charge is 0.382 e. The third-order valence-electron chi connectivity index (χ3n) is 5.18. The van der Waals surface area contributed by atoms with Crippen LogP contribution in [0, 0.1) is 13.8 Å². The molecule has 4 rings (SSSR count). The Labute approximate surface area is 180 Å². The number of hydrogen-bond acceptors (Lipinski definition) is 4. The quantitative estimate of drug-likeness (QED) is 0.381. The van der Waals surface area contributed by atoms with Crippen molar-refractivity contribution < 1.29 is 9.53 Å². The molecule has 0 radical (unpaired) electrons. The SMILES string of the molecule is CCOCCCNC(=O)c1sc2c(cnc3ccc(C)cc32)c1-c1ccc(C)cc1. The van der Waals surface area contributed by atoms with Crippen LogP contribution in [0.5, 0.6) is 0 Å². The molecule has 1 N–H and O–H groups in total. The Morgan fingerprint density at radius 2 is 1.83 bits per heavy atom. The zero-order chi connectivity index (χ0) is 21.1. The van der Waals surface area contributed by atoms with Crippen molar-refractivity contribution in [2.75, 3.05) is 19.8 Å². The number of aryl methyl sites for hydroxylation is 2. The van der Waals surface area contributed by atoms with E-state index in [9.17, 15) is 4.79 Å². The number of carbonyl (C=O) groups is 1. The van der Waals surface area contributed by atoms with Gasteiger partial charge in [-0.15, -0.1) is 11.3 Å². The number of fused-ring (bicyclic) bond motifs is 3. The molecule has 0 saturated heterocycles. The lowest BCUT2D eigenvalue weighted by molar-refractivity contribution is 0.0949. The van der Waals surface area contributed by atoms with Crippen molar-refractivity contribution >= 4 is 38.2 Å². The molecule has 0 aliphatic rings. The summed E-state index contributed by atoms with van der Waals surface area (Å²) in [6.07, 6.45) is 2.71. The first-order valence-corrected chi connectivity index (χ1v) is 11.1. The molecule has 2 aromatic carbocycles. The topological polar surface area (TPSA) is 51.2 Å². The minimum absolute atomic E-state index is 0.0379. The van der Waals surface area contributed by atoms with Gasteiger partial charge in [0.05, 0.1) is 5.52 Å². The fourth-order valence-corrected chi connectivity index (χ4v) is 4.85. The van der Waals surface area contributed by atoms with Gasteiger partial charge >= 0.3 is 0 Å². The molecule has 4 aromatic rings. The minimum Gasteiger partial charge on any atom is -0.382 e. The maximum absolute atomic E-state index is 13.1. The lowest BCUT2D eigenvalue weighted by atomic mass is 10.00. The molecule has 0 atom stereocenters. The Morgan fingerprint density at radius 1 is 1.07 bits per heavy atom. The molecule has 154 valence electrons. The number of benzene rings is 2. The van der Waals surface area contributed by atoms with Gasteiger partial charge in [-0.25, -0.2) is 0 Å². The summed E-state index contributed by atoms with van der Waals surface area (Å²) in [5.41, 5.74) is 5.34. The van der Waals surface area contributed by atoms with Crippen LogP contribution in [0.25, 0.3) is 32.1 Å². The van der Waals surface area contributed by atoms with Crippen LogP contribution in [0.1, 0.15) is 34.1 Å². The van der Waals surface area contributed by atoms with Crippen molar-refractivity contribution in [3.05, 3.63) is 64.7 Å². The van der Waals surface area contributed by atoms with E-state index in [1.807, 2.05) is 19.2 Å². The average Bonchev–Trinajstić information content (AvgIpc) is 3.14. The number of aromatic nitrogens is 1. The molecular formula is C25H26N2O2S. The lowest BCUT2D eigenvalue weighted by Crippen LogP contribution is -2.24. The van der Waals surface area contributed by atoms with Crippen molar-refractivity contribution in [1.82, 2.24) is 10.3 Å². The molecule has 0 aliphatic carbocycles. The molecule has 4 nitrogen and oxygen atoms in total. The van der Waals surface area contributed by atoms with Crippen LogP contribution in [-0.2, 0) is 4.74 Å². The van der Waals surface area contributed by atoms with E-state index in [-0.39, 0.29) is 5.91 Å². The standard InChI is InChI=1S/C25H26N2O2S/c1-4-29-13-5-12-26-25(28)24-22(18-9-6-16(2)7-10-18)20-15-27-21-11-8-17(3)14-19(21)23(20)30-24/h6-11,14-15H,4-5,12-13H2,1-3H3,(H,26,28). The second-order valence-electron chi connectivity index (χ2n) is 7.50. The second-order valence-corrected chi connectivity index (χ2v) is 8.52. The molecule has 0 aliphatic heterocycles. The van der Waals surface area contributed by atoms with Gasteiger partial charge in [0.15, 0.2) is 0 Å². The van der Waals surface area contributed by atoms with Crippen molar-refractivity contribution in [2.24, 2.45) is 0 Å². The van der Waals surface area contributed by atoms with Gasteiger partial charge in [0.2, 0.25) is 0 Å². The van der Waals surface area contributed by atoms with E-state index in [0.717, 1.165) is 43.4 Å². The van der Waals surface area contributed by atoms with Gasteiger partial charge in [0.25, 0.3) is 5.91 Å². The molecule has 0 spiro atoms. The maximum atomic E-state index is 13.1. The van der Waals surface area contributed by atoms with Gasteiger partial charge in [-0.05, 0) is 44.9 Å². The number of nitrogens with zero attached hydrogens (tertiary/aromatic N) is 1. The zero-order valence-corrected chi connectivity index (χ0v) is 18.4. The normalized spacial score (nSPS) is 11.3. The first-order valence-electron chi connectivity index (χ1n) is 10.3. The van der Waals surface area contributed by atoms with Crippen molar-refractivity contribution in [2.45, 2.75) is 27.2 Å². The first kappa shape index (κ1) is 20.5. The van der Waals surface area contributed by atoms with Gasteiger partial charge < -0.3 is 10.1 Å². The summed E-state index contributed by atoms with van der Waals surface area (Å²) in [5.74, 6) is -0.0379. The van der Waals surface area contributed by atoms with Crippen LogP contribution in [0.15, 0.2) is 48.7 Å². The number of pyridine rings is 1. The van der Waals surface area contributed by atoms with E-state index in [1.165, 1.54) is 11.1 Å². The molecule has 2 heterocycles. The summed E-state index contributed by atoms with van der Waals surface area (Å²) in [7, 11) is 0. The Bertz CT molecular complexity index is 1200. The monoisotopic (exact) mass is 418 g/mol. The Morgan fingerprint density at radius 3 is 2.60 bits per heavy atom. The minimum atomic E-state index is -0.0379.